The van der Waals surface area contributed by atoms with Crippen LogP contribution >= 0.6 is 0 Å². The zero-order valence-electron chi connectivity index (χ0n) is 8.42. The molecule has 1 aromatic carbocycles. The van der Waals surface area contributed by atoms with E-state index in [0.717, 1.165) is 6.07 Å². The zero-order chi connectivity index (χ0) is 11.8. The molecule has 0 atom stereocenters. The van der Waals surface area contributed by atoms with Gasteiger partial charge in [0.15, 0.2) is 0 Å². The van der Waals surface area contributed by atoms with Crippen molar-refractivity contribution < 1.29 is 13.2 Å². The number of hydrogen-bond donors (Lipinski definition) is 0. The van der Waals surface area contributed by atoms with Gasteiger partial charge in [-0.25, -0.2) is 4.98 Å². The Morgan fingerprint density at radius 1 is 1.31 bits per heavy atom. The van der Waals surface area contributed by atoms with Crippen LogP contribution in [0.5, 0.6) is 0 Å². The first-order valence-electron chi connectivity index (χ1n) is 4.57. The smallest absolute Gasteiger partial charge is 0.306 e. The third kappa shape index (κ3) is 1.93. The van der Waals surface area contributed by atoms with Crippen LogP contribution in [0.3, 0.4) is 0 Å². The molecule has 0 unspecified atom stereocenters. The molecule has 5 heteroatoms. The van der Waals surface area contributed by atoms with Gasteiger partial charge in [-0.05, 0) is 24.6 Å². The number of aryl methyl sites for hydroxylation is 1. The van der Waals surface area contributed by atoms with Crippen LogP contribution in [0.2, 0.25) is 0 Å². The van der Waals surface area contributed by atoms with Crippen molar-refractivity contribution in [1.29, 1.82) is 0 Å². The Hall–Kier alpha value is -1.78. The predicted molar refractivity (Wildman–Crippen MR) is 52.1 cm³/mol. The van der Waals surface area contributed by atoms with E-state index >= 15 is 0 Å². The van der Waals surface area contributed by atoms with Gasteiger partial charge in [0.05, 0.1) is 11.9 Å². The molecule has 0 saturated carbocycles. The minimum absolute atomic E-state index is 0.209. The van der Waals surface area contributed by atoms with Crippen LogP contribution in [0.15, 0.2) is 30.7 Å². The summed E-state index contributed by atoms with van der Waals surface area (Å²) < 4.78 is 39.4. The first kappa shape index (κ1) is 10.7. The van der Waals surface area contributed by atoms with Gasteiger partial charge in [-0.15, -0.1) is 0 Å². The van der Waals surface area contributed by atoms with Crippen molar-refractivity contribution in [1.82, 2.24) is 9.55 Å². The molecule has 1 aromatic heterocycles. The average Bonchev–Trinajstić information content (AvgIpc) is 2.69. The average molecular weight is 225 g/mol. The standard InChI is InChI=1S/C11H8F3N2/c1-8-2-3-9(16-5-4-15-7-16)6-10(8)11(12,13)14/h2-3,5-7H,1H3. The third-order valence-electron chi connectivity index (χ3n) is 2.28. The number of benzene rings is 1. The molecule has 83 valence electrons. The molecule has 0 aliphatic heterocycles. The highest BCUT2D eigenvalue weighted by atomic mass is 19.4. The van der Waals surface area contributed by atoms with Gasteiger partial charge < -0.3 is 4.57 Å². The van der Waals surface area contributed by atoms with Crippen molar-refractivity contribution in [2.75, 3.05) is 0 Å². The Morgan fingerprint density at radius 3 is 2.62 bits per heavy atom. The number of hydrogen-bond acceptors (Lipinski definition) is 1. The van der Waals surface area contributed by atoms with Crippen LogP contribution in [-0.2, 0) is 6.18 Å². The highest BCUT2D eigenvalue weighted by Crippen LogP contribution is 2.32. The molecule has 1 heterocycles. The Balaban J connectivity index is 2.52. The van der Waals surface area contributed by atoms with Gasteiger partial charge in [-0.2, -0.15) is 13.2 Å². The maximum absolute atomic E-state index is 12.6. The largest absolute Gasteiger partial charge is 0.416 e. The second kappa shape index (κ2) is 3.66. The lowest BCUT2D eigenvalue weighted by Crippen LogP contribution is -2.08. The van der Waals surface area contributed by atoms with Crippen LogP contribution in [0.4, 0.5) is 13.2 Å². The molecule has 0 fully saturated rings. The molecule has 0 saturated heterocycles. The van der Waals surface area contributed by atoms with Crippen molar-refractivity contribution in [3.8, 4) is 5.69 Å². The lowest BCUT2D eigenvalue weighted by Gasteiger charge is -2.12. The number of rotatable bonds is 1. The Bertz CT molecular complexity index is 486. The van der Waals surface area contributed by atoms with E-state index in [4.69, 9.17) is 0 Å². The van der Waals surface area contributed by atoms with Crippen molar-refractivity contribution in [3.05, 3.63) is 48.0 Å². The van der Waals surface area contributed by atoms with E-state index in [-0.39, 0.29) is 5.56 Å². The summed E-state index contributed by atoms with van der Waals surface area (Å²) in [5.74, 6) is 0. The first-order valence-corrected chi connectivity index (χ1v) is 4.57. The highest BCUT2D eigenvalue weighted by Gasteiger charge is 2.32. The molecule has 0 N–H and O–H groups in total. The van der Waals surface area contributed by atoms with Gasteiger partial charge in [-0.1, -0.05) is 6.07 Å². The van der Waals surface area contributed by atoms with E-state index in [1.807, 2.05) is 0 Å². The monoisotopic (exact) mass is 225 g/mol. The van der Waals surface area contributed by atoms with Crippen LogP contribution in [0, 0.1) is 13.1 Å². The molecular weight excluding hydrogens is 217 g/mol. The molecule has 16 heavy (non-hydrogen) atoms. The van der Waals surface area contributed by atoms with Gasteiger partial charge in [0.2, 0.25) is 0 Å². The predicted octanol–water partition coefficient (Wildman–Crippen LogP) is 3.00. The Labute approximate surface area is 90.4 Å². The highest BCUT2D eigenvalue weighted by molar-refractivity contribution is 5.41. The molecule has 0 amide bonds. The van der Waals surface area contributed by atoms with Crippen LogP contribution < -0.4 is 0 Å². The number of nitrogens with zero attached hydrogens (tertiary/aromatic N) is 2. The lowest BCUT2D eigenvalue weighted by molar-refractivity contribution is -0.138. The van der Waals surface area contributed by atoms with E-state index in [2.05, 4.69) is 11.2 Å². The fraction of sp³-hybridized carbons (Fsp3) is 0.182. The molecular formula is C11H8F3N2. The van der Waals surface area contributed by atoms with E-state index in [0.29, 0.717) is 5.69 Å². The first-order chi connectivity index (χ1) is 7.48. The van der Waals surface area contributed by atoms with Gasteiger partial charge in [0.25, 0.3) is 0 Å². The number of halogens is 3. The maximum atomic E-state index is 12.6. The second-order valence-corrected chi connectivity index (χ2v) is 3.41. The van der Waals surface area contributed by atoms with Gasteiger partial charge in [0, 0.05) is 11.9 Å². The van der Waals surface area contributed by atoms with Crippen molar-refractivity contribution in [3.63, 3.8) is 0 Å². The molecule has 2 nitrogen and oxygen atoms in total. The van der Waals surface area contributed by atoms with E-state index in [9.17, 15) is 13.2 Å². The molecule has 1 radical (unpaired) electrons. The summed E-state index contributed by atoms with van der Waals surface area (Å²) in [6, 6.07) is 4.16. The van der Waals surface area contributed by atoms with Crippen LogP contribution in [0.1, 0.15) is 11.1 Å². The molecule has 2 aromatic rings. The number of imidazole rings is 1. The minimum Gasteiger partial charge on any atom is -0.306 e. The summed E-state index contributed by atoms with van der Waals surface area (Å²) in [7, 11) is 0. The van der Waals surface area contributed by atoms with Crippen LogP contribution in [-0.4, -0.2) is 9.55 Å². The van der Waals surface area contributed by atoms with Crippen molar-refractivity contribution in [2.24, 2.45) is 0 Å². The molecule has 2 rings (SSSR count). The van der Waals surface area contributed by atoms with Crippen molar-refractivity contribution >= 4 is 0 Å². The molecule has 0 spiro atoms. The van der Waals surface area contributed by atoms with Crippen molar-refractivity contribution in [2.45, 2.75) is 13.1 Å². The molecule has 0 aliphatic carbocycles. The minimum atomic E-state index is -4.33. The second-order valence-electron chi connectivity index (χ2n) is 3.41. The fourth-order valence-corrected chi connectivity index (χ4v) is 1.44. The summed E-state index contributed by atoms with van der Waals surface area (Å²) >= 11 is 0. The van der Waals surface area contributed by atoms with E-state index < -0.39 is 11.7 Å². The SMILES string of the molecule is Cc1ccc(-n2c[c]nc2)cc1C(F)(F)F. The Morgan fingerprint density at radius 2 is 2.06 bits per heavy atom. The lowest BCUT2D eigenvalue weighted by atomic mass is 10.1. The fourth-order valence-electron chi connectivity index (χ4n) is 1.44. The van der Waals surface area contributed by atoms with Gasteiger partial charge in [-0.3, -0.25) is 0 Å². The summed E-state index contributed by atoms with van der Waals surface area (Å²) in [5, 5.41) is 0. The summed E-state index contributed by atoms with van der Waals surface area (Å²) in [4.78, 5) is 3.67. The molecule has 0 bridgehead atoms. The zero-order valence-corrected chi connectivity index (χ0v) is 8.42. The maximum Gasteiger partial charge on any atom is 0.416 e. The van der Waals surface area contributed by atoms with E-state index in [1.165, 1.54) is 30.1 Å². The van der Waals surface area contributed by atoms with E-state index in [1.54, 1.807) is 6.07 Å². The number of aromatic nitrogens is 2. The summed E-state index contributed by atoms with van der Waals surface area (Å²) in [5.41, 5.74) is 0.00530. The molecule has 0 aliphatic rings. The quantitative estimate of drug-likeness (QED) is 0.729. The van der Waals surface area contributed by atoms with Gasteiger partial charge in [0.1, 0.15) is 6.20 Å². The Kier molecular flexibility index (Phi) is 2.46. The number of alkyl halides is 3. The third-order valence-corrected chi connectivity index (χ3v) is 2.28. The summed E-state index contributed by atoms with van der Waals surface area (Å²) in [6.45, 7) is 1.44. The van der Waals surface area contributed by atoms with Gasteiger partial charge >= 0.3 is 6.18 Å². The summed E-state index contributed by atoms with van der Waals surface area (Å²) in [6.07, 6.45) is 1.09. The normalized spacial score (nSPS) is 11.8. The topological polar surface area (TPSA) is 17.8 Å². The van der Waals surface area contributed by atoms with Crippen LogP contribution in [0.25, 0.3) is 5.69 Å².